The number of ketones is 2. The zero-order valence-electron chi connectivity index (χ0n) is 27.4. The molecule has 2 fully saturated rings. The topological polar surface area (TPSA) is 34.1 Å². The van der Waals surface area contributed by atoms with Crippen molar-refractivity contribution in [3.8, 4) is 0 Å². The van der Waals surface area contributed by atoms with Gasteiger partial charge in [-0.1, -0.05) is 161 Å². The van der Waals surface area contributed by atoms with E-state index >= 15 is 0 Å². The largest absolute Gasteiger partial charge is 0.300 e. The Bertz CT molecular complexity index is 1010. The quantitative estimate of drug-likeness (QED) is 0.296. The average molecular weight is 595 g/mol. The van der Waals surface area contributed by atoms with Crippen molar-refractivity contribution in [1.82, 2.24) is 0 Å². The molecule has 3 aromatic carbocycles. The highest BCUT2D eigenvalue weighted by Gasteiger charge is 2.17. The normalized spacial score (nSPS) is 21.3. The molecule has 2 aliphatic carbocycles. The van der Waals surface area contributed by atoms with Crippen molar-refractivity contribution >= 4 is 11.6 Å². The number of hydrogen-bond acceptors (Lipinski definition) is 2. The summed E-state index contributed by atoms with van der Waals surface area (Å²) in [5, 5.41) is 0. The summed E-state index contributed by atoms with van der Waals surface area (Å²) in [6, 6.07) is 34.5. The van der Waals surface area contributed by atoms with Crippen molar-refractivity contribution in [3.63, 3.8) is 0 Å². The van der Waals surface area contributed by atoms with Crippen molar-refractivity contribution in [3.05, 3.63) is 108 Å². The van der Waals surface area contributed by atoms with Gasteiger partial charge in [0.05, 0.1) is 0 Å². The molecular weight excluding hydrogens is 536 g/mol. The number of rotatable bonds is 2. The Labute approximate surface area is 269 Å². The molecule has 2 atom stereocenters. The molecule has 5 rings (SSSR count). The fourth-order valence-electron chi connectivity index (χ4n) is 6.56. The molecule has 0 N–H and O–H groups in total. The van der Waals surface area contributed by atoms with Gasteiger partial charge >= 0.3 is 0 Å². The van der Waals surface area contributed by atoms with E-state index < -0.39 is 0 Å². The van der Waals surface area contributed by atoms with Crippen LogP contribution in [-0.4, -0.2) is 11.6 Å². The highest BCUT2D eigenvalue weighted by Crippen LogP contribution is 2.35. The van der Waals surface area contributed by atoms with Crippen molar-refractivity contribution in [2.75, 3.05) is 0 Å². The lowest BCUT2D eigenvalue weighted by atomic mass is 9.82. The smallest absolute Gasteiger partial charge is 0.133 e. The first-order valence-electron chi connectivity index (χ1n) is 17.9. The zero-order valence-corrected chi connectivity index (χ0v) is 27.4. The predicted molar refractivity (Wildman–Crippen MR) is 187 cm³/mol. The maximum atomic E-state index is 11.3. The highest BCUT2D eigenvalue weighted by atomic mass is 16.1. The summed E-state index contributed by atoms with van der Waals surface area (Å²) in [5.74, 6) is 2.05. The summed E-state index contributed by atoms with van der Waals surface area (Å²) in [4.78, 5) is 22.6. The fraction of sp³-hybridized carbons (Fsp3) is 0.524. The predicted octanol–water partition coefficient (Wildman–Crippen LogP) is 12.2. The van der Waals surface area contributed by atoms with Crippen LogP contribution >= 0.6 is 0 Å². The molecule has 0 heterocycles. The van der Waals surface area contributed by atoms with Crippen LogP contribution < -0.4 is 0 Å². The van der Waals surface area contributed by atoms with Gasteiger partial charge in [0, 0.05) is 25.7 Å². The van der Waals surface area contributed by atoms with E-state index in [1.807, 2.05) is 36.4 Å². The molecule has 2 saturated carbocycles. The lowest BCUT2D eigenvalue weighted by Gasteiger charge is -2.23. The van der Waals surface area contributed by atoms with E-state index in [2.05, 4.69) is 60.7 Å². The minimum atomic E-state index is 0.277. The molecule has 2 unspecified atom stereocenters. The number of carbonyl (C=O) groups is 2. The van der Waals surface area contributed by atoms with Crippen LogP contribution in [0.3, 0.4) is 0 Å². The third-order valence-electron chi connectivity index (χ3n) is 9.27. The molecule has 3 aromatic rings. The van der Waals surface area contributed by atoms with Crippen LogP contribution in [0.15, 0.2) is 97.1 Å². The Morgan fingerprint density at radius 1 is 0.318 bits per heavy atom. The van der Waals surface area contributed by atoms with Gasteiger partial charge in [-0.2, -0.15) is 0 Å². The molecule has 2 nitrogen and oxygen atoms in total. The van der Waals surface area contributed by atoms with Crippen LogP contribution in [0.25, 0.3) is 0 Å². The van der Waals surface area contributed by atoms with E-state index in [0.717, 1.165) is 24.7 Å². The highest BCUT2D eigenvalue weighted by molar-refractivity contribution is 5.85. The molecule has 0 radical (unpaired) electrons. The number of hydrogen-bond donors (Lipinski definition) is 0. The summed E-state index contributed by atoms with van der Waals surface area (Å²) in [6.45, 7) is 0. The van der Waals surface area contributed by atoms with Crippen LogP contribution in [0.1, 0.15) is 151 Å². The van der Waals surface area contributed by atoms with E-state index in [1.54, 1.807) is 11.1 Å². The van der Waals surface area contributed by atoms with Crippen molar-refractivity contribution in [2.45, 2.75) is 140 Å². The summed E-state index contributed by atoms with van der Waals surface area (Å²) in [7, 11) is 0. The molecule has 0 aliphatic heterocycles. The Balaban J connectivity index is 0.000000221. The van der Waals surface area contributed by atoms with Gasteiger partial charge in [0.15, 0.2) is 0 Å². The zero-order chi connectivity index (χ0) is 30.9. The van der Waals surface area contributed by atoms with Gasteiger partial charge in [-0.05, 0) is 61.5 Å². The molecule has 44 heavy (non-hydrogen) atoms. The number of carbonyl (C=O) groups excluding carboxylic acids is 2. The van der Waals surface area contributed by atoms with Crippen LogP contribution in [0, 0.1) is 0 Å². The molecule has 0 bridgehead atoms. The van der Waals surface area contributed by atoms with Gasteiger partial charge < -0.3 is 0 Å². The van der Waals surface area contributed by atoms with E-state index in [-0.39, 0.29) is 11.6 Å². The van der Waals surface area contributed by atoms with Gasteiger partial charge in [-0.15, -0.1) is 0 Å². The van der Waals surface area contributed by atoms with Gasteiger partial charge in [-0.3, -0.25) is 9.59 Å². The third kappa shape index (κ3) is 16.2. The molecule has 0 spiro atoms. The van der Waals surface area contributed by atoms with Crippen molar-refractivity contribution in [1.29, 1.82) is 0 Å². The van der Waals surface area contributed by atoms with Crippen molar-refractivity contribution in [2.24, 2.45) is 0 Å². The standard InChI is InChI=1S/C24H32.C12H20O2.C6H6/c1-2-4-8-18-24(22-15-11-6-12-16-22)20-19-23(17-7-3-1)21-13-9-5-10-14-21;13-11-7-5-3-1-2-4-6-8-12(14)10-9-11;1-2-4-6-5-3-1/h5-6,9-16,23-24H,1-4,7-8,17-20H2;1-10H2;1-6H. The molecule has 0 aromatic heterocycles. The molecule has 238 valence electrons. The maximum absolute atomic E-state index is 11.3. The first-order valence-corrected chi connectivity index (χ1v) is 17.9. The summed E-state index contributed by atoms with van der Waals surface area (Å²) < 4.78 is 0. The Morgan fingerprint density at radius 2 is 0.614 bits per heavy atom. The van der Waals surface area contributed by atoms with Crippen LogP contribution in [0.4, 0.5) is 0 Å². The molecule has 2 heteroatoms. The monoisotopic (exact) mass is 594 g/mol. The molecule has 2 aliphatic rings. The minimum absolute atomic E-state index is 0.277. The van der Waals surface area contributed by atoms with Gasteiger partial charge in [0.2, 0.25) is 0 Å². The second kappa shape index (κ2) is 23.4. The van der Waals surface area contributed by atoms with E-state index in [9.17, 15) is 9.59 Å². The van der Waals surface area contributed by atoms with E-state index in [0.29, 0.717) is 25.7 Å². The Morgan fingerprint density at radius 3 is 0.977 bits per heavy atom. The first-order chi connectivity index (χ1) is 21.7. The fourth-order valence-corrected chi connectivity index (χ4v) is 6.56. The summed E-state index contributed by atoms with van der Waals surface area (Å²) >= 11 is 0. The Hall–Kier alpha value is -3.00. The van der Waals surface area contributed by atoms with Crippen LogP contribution in [-0.2, 0) is 9.59 Å². The average Bonchev–Trinajstić information content (AvgIpc) is 3.07. The second-order valence-corrected chi connectivity index (χ2v) is 12.8. The van der Waals surface area contributed by atoms with Crippen LogP contribution in [0.5, 0.6) is 0 Å². The summed E-state index contributed by atoms with van der Waals surface area (Å²) in [5.41, 5.74) is 3.11. The lowest BCUT2D eigenvalue weighted by molar-refractivity contribution is -0.124. The second-order valence-electron chi connectivity index (χ2n) is 12.8. The van der Waals surface area contributed by atoms with E-state index in [1.165, 1.54) is 89.9 Å². The first kappa shape index (κ1) is 35.5. The summed E-state index contributed by atoms with van der Waals surface area (Å²) in [6.07, 6.45) is 23.1. The van der Waals surface area contributed by atoms with Gasteiger partial charge in [0.1, 0.15) is 11.6 Å². The molecule has 0 amide bonds. The number of benzene rings is 3. The van der Waals surface area contributed by atoms with E-state index in [4.69, 9.17) is 0 Å². The molecule has 0 saturated heterocycles. The lowest BCUT2D eigenvalue weighted by Crippen LogP contribution is -2.06. The SMILES string of the molecule is O=C1CCCCCCCCC(=O)CC1.c1ccc(C2CCCCCCCCC(c3ccccc3)CC2)cc1.c1ccccc1. The van der Waals surface area contributed by atoms with Gasteiger partial charge in [-0.25, -0.2) is 0 Å². The minimum Gasteiger partial charge on any atom is -0.300 e. The van der Waals surface area contributed by atoms with Crippen molar-refractivity contribution < 1.29 is 9.59 Å². The molecular formula is C42H58O2. The van der Waals surface area contributed by atoms with Gasteiger partial charge in [0.25, 0.3) is 0 Å². The maximum Gasteiger partial charge on any atom is 0.133 e. The Kier molecular flexibility index (Phi) is 18.9. The third-order valence-corrected chi connectivity index (χ3v) is 9.27. The van der Waals surface area contributed by atoms with Crippen LogP contribution in [0.2, 0.25) is 0 Å². The number of Topliss-reactive ketones (excluding diaryl/α,β-unsaturated/α-hetero) is 2.